The van der Waals surface area contributed by atoms with Gasteiger partial charge in [0.1, 0.15) is 0 Å². The summed E-state index contributed by atoms with van der Waals surface area (Å²) in [6, 6.07) is 41.2. The fourth-order valence-corrected chi connectivity index (χ4v) is 4.35. The number of allylic oxidation sites excluding steroid dienone is 1. The molecule has 0 bridgehead atoms. The van der Waals surface area contributed by atoms with E-state index in [1.807, 2.05) is 66.5 Å². The van der Waals surface area contributed by atoms with Crippen molar-refractivity contribution in [3.63, 3.8) is 0 Å². The van der Waals surface area contributed by atoms with Crippen molar-refractivity contribution in [3.8, 4) is 33.5 Å². The van der Waals surface area contributed by atoms with Gasteiger partial charge in [-0.3, -0.25) is 0 Å². The summed E-state index contributed by atoms with van der Waals surface area (Å²) in [5.41, 5.74) is 10.4. The Morgan fingerprint density at radius 2 is 1.46 bits per heavy atom. The molecule has 0 aliphatic rings. The normalized spacial score (nSPS) is 10.2. The third-order valence-electron chi connectivity index (χ3n) is 6.14. The Morgan fingerprint density at radius 1 is 0.744 bits per heavy atom. The van der Waals surface area contributed by atoms with Crippen LogP contribution in [0, 0.1) is 26.0 Å². The van der Waals surface area contributed by atoms with E-state index in [1.165, 1.54) is 33.4 Å². The monoisotopic (exact) mass is 595 g/mol. The van der Waals surface area contributed by atoms with E-state index in [9.17, 15) is 0 Å². The topological polar surface area (TPSA) is 38.4 Å². The number of benzene rings is 4. The zero-order valence-corrected chi connectivity index (χ0v) is 23.9. The van der Waals surface area contributed by atoms with Gasteiger partial charge in [-0.25, -0.2) is 0 Å². The molecule has 0 aliphatic heterocycles. The molecular weight excluding hydrogens is 565 g/mol. The molecule has 0 fully saturated rings. The second-order valence-electron chi connectivity index (χ2n) is 8.91. The number of rotatable bonds is 6. The van der Waals surface area contributed by atoms with E-state index in [4.69, 9.17) is 5.41 Å². The van der Waals surface area contributed by atoms with Crippen LogP contribution in [0.3, 0.4) is 0 Å². The van der Waals surface area contributed by atoms with Crippen LogP contribution in [0.15, 0.2) is 122 Å². The third-order valence-corrected chi connectivity index (χ3v) is 6.14. The predicted octanol–water partition coefficient (Wildman–Crippen LogP) is 8.57. The van der Waals surface area contributed by atoms with Crippen LogP contribution in [0.4, 0.5) is 5.69 Å². The Morgan fingerprint density at radius 3 is 2.10 bits per heavy atom. The Labute approximate surface area is 245 Å². The molecule has 0 radical (unpaired) electrons. The molecule has 0 N–H and O–H groups in total. The van der Waals surface area contributed by atoms with Crippen molar-refractivity contribution in [1.29, 1.82) is 0 Å². The Balaban J connectivity index is 0.000000270. The number of pyridine rings is 1. The van der Waals surface area contributed by atoms with Gasteiger partial charge in [0, 0.05) is 13.2 Å². The molecule has 0 saturated heterocycles. The summed E-state index contributed by atoms with van der Waals surface area (Å²) in [6.45, 7) is 4.32. The largest absolute Gasteiger partial charge is 3.00 e. The number of hydrogen-bond donors (Lipinski definition) is 0. The molecule has 0 spiro atoms. The Bertz CT molecular complexity index is 1440. The molecule has 5 rings (SSSR count). The van der Waals surface area contributed by atoms with Crippen molar-refractivity contribution >= 4 is 11.9 Å². The van der Waals surface area contributed by atoms with E-state index in [0.717, 1.165) is 23.2 Å². The third kappa shape index (κ3) is 7.93. The van der Waals surface area contributed by atoms with Crippen LogP contribution in [0.2, 0.25) is 0 Å². The number of aryl methyl sites for hydroxylation is 2. The first kappa shape index (κ1) is 29.4. The quantitative estimate of drug-likeness (QED) is 0.112. The minimum Gasteiger partial charge on any atom is -0.811 e. The minimum absolute atomic E-state index is 0. The summed E-state index contributed by atoms with van der Waals surface area (Å²) in [5, 5.41) is 8.84. The van der Waals surface area contributed by atoms with Gasteiger partial charge in [0.15, 0.2) is 0 Å². The van der Waals surface area contributed by atoms with E-state index in [2.05, 4.69) is 79.5 Å². The molecule has 5 aromatic rings. The predicted molar refractivity (Wildman–Crippen MR) is 161 cm³/mol. The molecule has 1 aromatic heterocycles. The van der Waals surface area contributed by atoms with E-state index in [1.54, 1.807) is 18.5 Å². The number of anilines is 1. The molecule has 3 nitrogen and oxygen atoms in total. The van der Waals surface area contributed by atoms with Crippen LogP contribution in [0.1, 0.15) is 11.1 Å². The molecule has 194 valence electrons. The molecule has 0 atom stereocenters. The van der Waals surface area contributed by atoms with Crippen molar-refractivity contribution in [3.05, 3.63) is 150 Å². The van der Waals surface area contributed by atoms with Gasteiger partial charge in [0.05, 0.1) is 0 Å². The maximum Gasteiger partial charge on any atom is 3.00 e. The molecule has 4 heteroatoms. The fraction of sp³-hybridized carbons (Fsp3) is 0.0857. The Kier molecular flexibility index (Phi) is 11.1. The summed E-state index contributed by atoms with van der Waals surface area (Å²) >= 11 is 0. The smallest absolute Gasteiger partial charge is 0.811 e. The van der Waals surface area contributed by atoms with E-state index in [0.29, 0.717) is 0 Å². The minimum atomic E-state index is 0. The fourth-order valence-electron chi connectivity index (χ4n) is 4.35. The first-order valence-corrected chi connectivity index (χ1v) is 12.5. The zero-order chi connectivity index (χ0) is 26.7. The molecule has 0 saturated carbocycles. The van der Waals surface area contributed by atoms with Crippen molar-refractivity contribution in [2.24, 2.45) is 0 Å². The SMILES string of the molecule is Cc1cc(-c2ccccc2)cc(C)c1-c1cc[c-]c(N(C)/C=C\C=[N-])c1.[Rh+3].[c-]1ccccc1-c1ccccn1. The van der Waals surface area contributed by atoms with Gasteiger partial charge in [0.2, 0.25) is 0 Å². The van der Waals surface area contributed by atoms with Crippen LogP contribution < -0.4 is 4.90 Å². The van der Waals surface area contributed by atoms with E-state index in [-0.39, 0.29) is 19.5 Å². The summed E-state index contributed by atoms with van der Waals surface area (Å²) < 4.78 is 0. The molecule has 4 aromatic carbocycles. The van der Waals surface area contributed by atoms with Crippen LogP contribution in [-0.2, 0) is 19.5 Å². The maximum absolute atomic E-state index is 8.84. The molecule has 39 heavy (non-hydrogen) atoms. The van der Waals surface area contributed by atoms with Crippen LogP contribution in [0.5, 0.6) is 0 Å². The molecule has 0 unspecified atom stereocenters. The van der Waals surface area contributed by atoms with Crippen molar-refractivity contribution in [1.82, 2.24) is 4.98 Å². The average Bonchev–Trinajstić information content (AvgIpc) is 2.97. The summed E-state index contributed by atoms with van der Waals surface area (Å²) in [4.78, 5) is 6.15. The van der Waals surface area contributed by atoms with Gasteiger partial charge in [-0.05, 0) is 59.6 Å². The Hall–Kier alpha value is -4.14. The van der Waals surface area contributed by atoms with Gasteiger partial charge < -0.3 is 15.3 Å². The van der Waals surface area contributed by atoms with Crippen LogP contribution in [-0.4, -0.2) is 18.2 Å². The first-order valence-electron chi connectivity index (χ1n) is 12.5. The molecule has 0 amide bonds. The second-order valence-corrected chi connectivity index (χ2v) is 8.91. The van der Waals surface area contributed by atoms with E-state index < -0.39 is 0 Å². The summed E-state index contributed by atoms with van der Waals surface area (Å²) in [5.74, 6) is 0. The van der Waals surface area contributed by atoms with Crippen LogP contribution in [0.25, 0.3) is 38.9 Å². The van der Waals surface area contributed by atoms with E-state index >= 15 is 0 Å². The number of nitrogens with zero attached hydrogens (tertiary/aromatic N) is 3. The van der Waals surface area contributed by atoms with Gasteiger partial charge >= 0.3 is 19.5 Å². The van der Waals surface area contributed by atoms with Gasteiger partial charge in [-0.1, -0.05) is 66.4 Å². The number of aromatic nitrogens is 1. The molecule has 1 heterocycles. The van der Waals surface area contributed by atoms with Gasteiger partial charge in [-0.2, -0.15) is 24.4 Å². The van der Waals surface area contributed by atoms with Crippen molar-refractivity contribution in [2.75, 3.05) is 11.9 Å². The maximum atomic E-state index is 8.84. The number of hydrogen-bond acceptors (Lipinski definition) is 2. The molecule has 0 aliphatic carbocycles. The zero-order valence-electron chi connectivity index (χ0n) is 22.3. The second kappa shape index (κ2) is 14.7. The van der Waals surface area contributed by atoms with Gasteiger partial charge in [-0.15, -0.1) is 47.5 Å². The first-order chi connectivity index (χ1) is 18.6. The standard InChI is InChI=1S/C24H22N2.C11H8N.Rh/c1-18-15-22(20-9-5-4-6-10-20)16-19(2)24(18)21-11-7-12-23(17-21)26(3)14-8-13-25;1-2-6-10(7-3-1)11-8-4-5-9-12-11;/h4-11,13-17H,1-3H3;1-6,8-9H;/q-2;-1;+3/b14-8-;;. The van der Waals surface area contributed by atoms with Crippen molar-refractivity contribution in [2.45, 2.75) is 13.8 Å². The molecular formula is C35H30N3Rh. The average molecular weight is 596 g/mol. The van der Waals surface area contributed by atoms with Crippen LogP contribution >= 0.6 is 0 Å². The summed E-state index contributed by atoms with van der Waals surface area (Å²) in [7, 11) is 1.94. The van der Waals surface area contributed by atoms with Crippen molar-refractivity contribution < 1.29 is 19.5 Å². The van der Waals surface area contributed by atoms with Gasteiger partial charge in [0.25, 0.3) is 0 Å². The summed E-state index contributed by atoms with van der Waals surface area (Å²) in [6.07, 6.45) is 6.20.